The van der Waals surface area contributed by atoms with Crippen molar-refractivity contribution in [3.8, 4) is 5.69 Å². The number of benzene rings is 1. The van der Waals surface area contributed by atoms with Crippen molar-refractivity contribution in [3.63, 3.8) is 0 Å². The third-order valence-corrected chi connectivity index (χ3v) is 6.63. The van der Waals surface area contributed by atoms with Crippen LogP contribution >= 0.6 is 0 Å². The van der Waals surface area contributed by atoms with E-state index in [2.05, 4.69) is 72.1 Å². The molecule has 164 valence electrons. The van der Waals surface area contributed by atoms with Crippen molar-refractivity contribution in [2.24, 2.45) is 0 Å². The van der Waals surface area contributed by atoms with Crippen molar-refractivity contribution >= 4 is 22.5 Å². The number of nitrogens with zero attached hydrogens (tertiary/aromatic N) is 7. The van der Waals surface area contributed by atoms with Gasteiger partial charge in [0.1, 0.15) is 11.8 Å². The summed E-state index contributed by atoms with van der Waals surface area (Å²) < 4.78 is 4.24. The van der Waals surface area contributed by atoms with Gasteiger partial charge in [0.05, 0.1) is 29.3 Å². The highest BCUT2D eigenvalue weighted by Gasteiger charge is 2.19. The molecule has 5 heterocycles. The van der Waals surface area contributed by atoms with Gasteiger partial charge in [-0.25, -0.2) is 14.6 Å². The summed E-state index contributed by atoms with van der Waals surface area (Å²) in [4.78, 5) is 13.9. The first-order valence-corrected chi connectivity index (χ1v) is 11.4. The van der Waals surface area contributed by atoms with Crippen LogP contribution < -0.4 is 5.32 Å². The lowest BCUT2D eigenvalue weighted by Crippen LogP contribution is -2.43. The molecule has 1 fully saturated rings. The number of likely N-dealkylation sites (N-methyl/N-ethyl adjacent to an activating group) is 1. The van der Waals surface area contributed by atoms with E-state index in [1.807, 2.05) is 17.1 Å². The first-order chi connectivity index (χ1) is 15.7. The second-order valence-electron chi connectivity index (χ2n) is 8.89. The minimum atomic E-state index is 0.838. The molecule has 2 aliphatic heterocycles. The summed E-state index contributed by atoms with van der Waals surface area (Å²) in [5.74, 6) is 0.838. The molecule has 0 amide bonds. The zero-order chi connectivity index (χ0) is 21.5. The van der Waals surface area contributed by atoms with Crippen LogP contribution in [0.15, 0.2) is 49.1 Å². The minimum Gasteiger partial charge on any atom is -0.340 e. The smallest absolute Gasteiger partial charge is 0.158 e. The number of piperazine rings is 1. The Balaban J connectivity index is 1.18. The summed E-state index contributed by atoms with van der Waals surface area (Å²) in [6, 6.07) is 10.9. The summed E-state index contributed by atoms with van der Waals surface area (Å²) in [5, 5.41) is 8.02. The lowest BCUT2D eigenvalue weighted by atomic mass is 10.2. The van der Waals surface area contributed by atoms with Crippen LogP contribution in [0.3, 0.4) is 0 Å². The quantitative estimate of drug-likeness (QED) is 0.527. The fraction of sp³-hybridized carbons (Fsp3) is 0.375. The van der Waals surface area contributed by atoms with Crippen LogP contribution in [0, 0.1) is 0 Å². The van der Waals surface area contributed by atoms with E-state index in [4.69, 9.17) is 0 Å². The molecule has 8 nitrogen and oxygen atoms in total. The lowest BCUT2D eigenvalue weighted by molar-refractivity contribution is 0.148. The summed E-state index contributed by atoms with van der Waals surface area (Å²) >= 11 is 0. The molecule has 0 saturated carbocycles. The van der Waals surface area contributed by atoms with Crippen molar-refractivity contribution in [1.82, 2.24) is 34.1 Å². The van der Waals surface area contributed by atoms with Gasteiger partial charge in [0, 0.05) is 45.0 Å². The summed E-state index contributed by atoms with van der Waals surface area (Å²) in [7, 11) is 2.19. The van der Waals surface area contributed by atoms with Gasteiger partial charge in [-0.3, -0.25) is 4.90 Å². The van der Waals surface area contributed by atoms with Crippen molar-refractivity contribution in [3.05, 3.63) is 60.3 Å². The molecule has 3 aromatic heterocycles. The van der Waals surface area contributed by atoms with E-state index >= 15 is 0 Å². The molecule has 0 atom stereocenters. The molecular weight excluding hydrogens is 400 g/mol. The van der Waals surface area contributed by atoms with E-state index in [1.54, 1.807) is 6.33 Å². The Labute approximate surface area is 187 Å². The molecule has 0 spiro atoms. The number of hydrogen-bond acceptors (Lipinski definition) is 6. The lowest BCUT2D eigenvalue weighted by Gasteiger charge is -2.32. The second kappa shape index (κ2) is 8.03. The molecule has 1 N–H and O–H groups in total. The monoisotopic (exact) mass is 428 g/mol. The molecule has 4 aromatic rings. The van der Waals surface area contributed by atoms with Gasteiger partial charge in [-0.15, -0.1) is 0 Å². The van der Waals surface area contributed by atoms with Gasteiger partial charge >= 0.3 is 0 Å². The molecule has 8 heteroatoms. The van der Waals surface area contributed by atoms with E-state index in [0.29, 0.717) is 0 Å². The fourth-order valence-electron chi connectivity index (χ4n) is 4.80. The first kappa shape index (κ1) is 19.5. The Morgan fingerprint density at radius 2 is 1.84 bits per heavy atom. The van der Waals surface area contributed by atoms with E-state index < -0.39 is 0 Å². The van der Waals surface area contributed by atoms with Gasteiger partial charge in [0.2, 0.25) is 0 Å². The number of hydrogen-bond donors (Lipinski definition) is 1. The first-order valence-electron chi connectivity index (χ1n) is 11.4. The zero-order valence-corrected chi connectivity index (χ0v) is 18.4. The largest absolute Gasteiger partial charge is 0.340 e. The summed E-state index contributed by atoms with van der Waals surface area (Å²) in [6.45, 7) is 6.59. The maximum Gasteiger partial charge on any atom is 0.158 e. The molecule has 2 aliphatic rings. The molecule has 1 saturated heterocycles. The Kier molecular flexibility index (Phi) is 4.88. The number of aryl methyl sites for hydroxylation is 2. The summed E-state index contributed by atoms with van der Waals surface area (Å²) in [5.41, 5.74) is 6.74. The Morgan fingerprint density at radius 3 is 2.69 bits per heavy atom. The molecule has 32 heavy (non-hydrogen) atoms. The highest BCUT2D eigenvalue weighted by Crippen LogP contribution is 2.30. The van der Waals surface area contributed by atoms with Crippen LogP contribution in [0.2, 0.25) is 0 Å². The maximum atomic E-state index is 4.56. The van der Waals surface area contributed by atoms with Crippen LogP contribution in [0.5, 0.6) is 0 Å². The number of rotatable bonds is 5. The molecule has 0 bridgehead atoms. The summed E-state index contributed by atoms with van der Waals surface area (Å²) in [6.07, 6.45) is 7.78. The fourth-order valence-corrected chi connectivity index (χ4v) is 4.80. The topological polar surface area (TPSA) is 67.0 Å². The van der Waals surface area contributed by atoms with Crippen LogP contribution in [-0.4, -0.2) is 67.3 Å². The van der Waals surface area contributed by atoms with Crippen LogP contribution in [0.25, 0.3) is 16.7 Å². The highest BCUT2D eigenvalue weighted by atomic mass is 15.3. The third kappa shape index (κ3) is 3.65. The zero-order valence-electron chi connectivity index (χ0n) is 18.4. The van der Waals surface area contributed by atoms with Gasteiger partial charge in [-0.05, 0) is 43.7 Å². The van der Waals surface area contributed by atoms with Crippen molar-refractivity contribution < 1.29 is 0 Å². The van der Waals surface area contributed by atoms with Gasteiger partial charge < -0.3 is 14.8 Å². The van der Waals surface area contributed by atoms with E-state index in [0.717, 1.165) is 73.9 Å². The van der Waals surface area contributed by atoms with Gasteiger partial charge in [0.15, 0.2) is 5.82 Å². The SMILES string of the molecule is CN1CCN(Cc2ccc(-n3cc(Nc4ncnc5cc6n(c45)CCC6)cn3)cc2)CC1. The van der Waals surface area contributed by atoms with E-state index in [-0.39, 0.29) is 0 Å². The highest BCUT2D eigenvalue weighted by molar-refractivity contribution is 5.89. The normalized spacial score (nSPS) is 17.2. The minimum absolute atomic E-state index is 0.838. The number of fused-ring (bicyclic) bond motifs is 3. The van der Waals surface area contributed by atoms with Crippen LogP contribution in [0.4, 0.5) is 11.5 Å². The molecule has 6 rings (SSSR count). The molecule has 0 radical (unpaired) electrons. The second-order valence-corrected chi connectivity index (χ2v) is 8.89. The van der Waals surface area contributed by atoms with Crippen molar-refractivity contribution in [1.29, 1.82) is 0 Å². The van der Waals surface area contributed by atoms with E-state index in [9.17, 15) is 0 Å². The molecular formula is C24H28N8. The standard InChI is InChI=1S/C24H28N8/c1-29-9-11-30(12-10-29)15-18-4-6-20(7-5-18)32-16-19(14-27-32)28-24-23-22(25-17-26-24)13-21-3-2-8-31(21)23/h4-7,13-14,16-17H,2-3,8-12,15H2,1H3,(H,25,26,28). The van der Waals surface area contributed by atoms with Gasteiger partial charge in [0.25, 0.3) is 0 Å². The average molecular weight is 429 g/mol. The maximum absolute atomic E-state index is 4.56. The number of aromatic nitrogens is 5. The Hall–Kier alpha value is -3.23. The van der Waals surface area contributed by atoms with Crippen LogP contribution in [0.1, 0.15) is 17.7 Å². The molecule has 1 aromatic carbocycles. The molecule has 0 unspecified atom stereocenters. The number of anilines is 2. The third-order valence-electron chi connectivity index (χ3n) is 6.63. The van der Waals surface area contributed by atoms with Crippen molar-refractivity contribution in [2.45, 2.75) is 25.9 Å². The molecule has 0 aliphatic carbocycles. The predicted molar refractivity (Wildman–Crippen MR) is 125 cm³/mol. The van der Waals surface area contributed by atoms with Crippen LogP contribution in [-0.2, 0) is 19.5 Å². The Morgan fingerprint density at radius 1 is 1.00 bits per heavy atom. The predicted octanol–water partition coefficient (Wildman–Crippen LogP) is 3.05. The van der Waals surface area contributed by atoms with Crippen molar-refractivity contribution in [2.75, 3.05) is 38.5 Å². The van der Waals surface area contributed by atoms with E-state index in [1.165, 1.54) is 17.7 Å². The number of nitrogens with one attached hydrogen (secondary N) is 1. The van der Waals surface area contributed by atoms with Gasteiger partial charge in [-0.2, -0.15) is 5.10 Å². The van der Waals surface area contributed by atoms with Gasteiger partial charge in [-0.1, -0.05) is 12.1 Å². The average Bonchev–Trinajstić information content (AvgIpc) is 3.52. The Bertz CT molecular complexity index is 1230.